The van der Waals surface area contributed by atoms with Gasteiger partial charge in [-0.05, 0) is 49.9 Å². The highest BCUT2D eigenvalue weighted by atomic mass is 15.2. The third-order valence-corrected chi connectivity index (χ3v) is 4.67. The molecule has 0 aliphatic carbocycles. The molecule has 3 heterocycles. The Hall–Kier alpha value is -1.61. The Kier molecular flexibility index (Phi) is 2.49. The van der Waals surface area contributed by atoms with Crippen LogP contribution in [0.2, 0.25) is 0 Å². The molecule has 3 heteroatoms. The first-order chi connectivity index (χ1) is 9.33. The lowest BCUT2D eigenvalue weighted by Gasteiger charge is -2.40. The predicted molar refractivity (Wildman–Crippen MR) is 78.2 cm³/mol. The average molecular weight is 253 g/mol. The first kappa shape index (κ1) is 11.2. The Balaban J connectivity index is 1.83. The van der Waals surface area contributed by atoms with Crippen LogP contribution in [0.4, 0.5) is 5.69 Å². The molecule has 2 bridgehead atoms. The number of aromatic nitrogens is 1. The van der Waals surface area contributed by atoms with Gasteiger partial charge in [-0.15, -0.1) is 0 Å². The van der Waals surface area contributed by atoms with Crippen molar-refractivity contribution >= 4 is 16.6 Å². The zero-order valence-electron chi connectivity index (χ0n) is 11.0. The zero-order chi connectivity index (χ0) is 12.8. The van der Waals surface area contributed by atoms with Gasteiger partial charge >= 0.3 is 0 Å². The molecule has 2 fully saturated rings. The molecule has 19 heavy (non-hydrogen) atoms. The van der Waals surface area contributed by atoms with E-state index in [-0.39, 0.29) is 0 Å². The van der Waals surface area contributed by atoms with E-state index in [4.69, 9.17) is 5.73 Å². The number of fused-ring (bicyclic) bond motifs is 3. The monoisotopic (exact) mass is 253 g/mol. The molecule has 0 amide bonds. The summed E-state index contributed by atoms with van der Waals surface area (Å²) in [6.45, 7) is 0. The van der Waals surface area contributed by atoms with E-state index >= 15 is 0 Å². The van der Waals surface area contributed by atoms with Crippen LogP contribution in [0.25, 0.3) is 10.9 Å². The molecule has 2 aliphatic heterocycles. The molecule has 1 aromatic heterocycles. The number of hydrogen-bond donors (Lipinski definition) is 1. The Bertz CT molecular complexity index is 590. The summed E-state index contributed by atoms with van der Waals surface area (Å²) in [6, 6.07) is 12.3. The molecule has 2 aliphatic rings. The van der Waals surface area contributed by atoms with Crippen LogP contribution in [0.5, 0.6) is 0 Å². The van der Waals surface area contributed by atoms with E-state index < -0.39 is 0 Å². The van der Waals surface area contributed by atoms with Gasteiger partial charge in [0, 0.05) is 35.4 Å². The van der Waals surface area contributed by atoms with Crippen molar-refractivity contribution in [2.24, 2.45) is 5.73 Å². The van der Waals surface area contributed by atoms with Crippen LogP contribution >= 0.6 is 0 Å². The second kappa shape index (κ2) is 4.20. The van der Waals surface area contributed by atoms with E-state index in [1.54, 1.807) is 0 Å². The third-order valence-electron chi connectivity index (χ3n) is 4.67. The Morgan fingerprint density at radius 3 is 2.63 bits per heavy atom. The van der Waals surface area contributed by atoms with Crippen molar-refractivity contribution in [3.05, 3.63) is 36.5 Å². The van der Waals surface area contributed by atoms with Gasteiger partial charge in [-0.3, -0.25) is 4.98 Å². The summed E-state index contributed by atoms with van der Waals surface area (Å²) in [4.78, 5) is 7.09. The van der Waals surface area contributed by atoms with Gasteiger partial charge in [-0.1, -0.05) is 6.07 Å². The summed E-state index contributed by atoms with van der Waals surface area (Å²) in [7, 11) is 0. The molecular formula is C16H19N3. The maximum absolute atomic E-state index is 6.17. The number of nitrogens with two attached hydrogens (primary N) is 1. The van der Waals surface area contributed by atoms with Crippen LogP contribution in [0.1, 0.15) is 25.7 Å². The number of nitrogens with zero attached hydrogens (tertiary/aromatic N) is 2. The second-order valence-electron chi connectivity index (χ2n) is 5.87. The number of anilines is 1. The second-order valence-corrected chi connectivity index (χ2v) is 5.87. The smallest absolute Gasteiger partial charge is 0.0722 e. The van der Waals surface area contributed by atoms with Gasteiger partial charge in [0.25, 0.3) is 0 Å². The number of rotatable bonds is 1. The molecule has 4 rings (SSSR count). The first-order valence-electron chi connectivity index (χ1n) is 7.20. The minimum atomic E-state index is 0.391. The molecule has 2 unspecified atom stereocenters. The van der Waals surface area contributed by atoms with Crippen molar-refractivity contribution in [1.29, 1.82) is 0 Å². The maximum Gasteiger partial charge on any atom is 0.0722 e. The summed E-state index contributed by atoms with van der Waals surface area (Å²) in [5.74, 6) is 0. The predicted octanol–water partition coefficient (Wildman–Crippen LogP) is 2.69. The quantitative estimate of drug-likeness (QED) is 0.849. The molecule has 2 saturated heterocycles. The van der Waals surface area contributed by atoms with Gasteiger partial charge in [0.2, 0.25) is 0 Å². The highest BCUT2D eigenvalue weighted by Gasteiger charge is 2.40. The SMILES string of the molecule is NC1CC2CCC(C1)N2c1cccc2ncccc12. The minimum absolute atomic E-state index is 0.391. The average Bonchev–Trinajstić information content (AvgIpc) is 2.70. The molecular weight excluding hydrogens is 234 g/mol. The zero-order valence-corrected chi connectivity index (χ0v) is 11.0. The van der Waals surface area contributed by atoms with Crippen LogP contribution < -0.4 is 10.6 Å². The van der Waals surface area contributed by atoms with Crippen LogP contribution in [-0.4, -0.2) is 23.1 Å². The van der Waals surface area contributed by atoms with Gasteiger partial charge < -0.3 is 10.6 Å². The van der Waals surface area contributed by atoms with Gasteiger partial charge in [0.1, 0.15) is 0 Å². The molecule has 0 saturated carbocycles. The molecule has 3 nitrogen and oxygen atoms in total. The minimum Gasteiger partial charge on any atom is -0.365 e. The fourth-order valence-electron chi connectivity index (χ4n) is 3.92. The van der Waals surface area contributed by atoms with Crippen LogP contribution in [0, 0.1) is 0 Å². The lowest BCUT2D eigenvalue weighted by atomic mass is 9.96. The van der Waals surface area contributed by atoms with Gasteiger partial charge in [-0.25, -0.2) is 0 Å². The van der Waals surface area contributed by atoms with E-state index in [1.165, 1.54) is 23.9 Å². The largest absolute Gasteiger partial charge is 0.365 e. The molecule has 1 aromatic carbocycles. The van der Waals surface area contributed by atoms with E-state index in [2.05, 4.69) is 34.1 Å². The fourth-order valence-corrected chi connectivity index (χ4v) is 3.92. The van der Waals surface area contributed by atoms with Gasteiger partial charge in [0.15, 0.2) is 0 Å². The highest BCUT2D eigenvalue weighted by Crippen LogP contribution is 2.41. The van der Waals surface area contributed by atoms with Crippen molar-refractivity contribution in [3.63, 3.8) is 0 Å². The van der Waals surface area contributed by atoms with Crippen molar-refractivity contribution in [1.82, 2.24) is 4.98 Å². The molecule has 0 spiro atoms. The van der Waals surface area contributed by atoms with Crippen molar-refractivity contribution in [2.45, 2.75) is 43.8 Å². The normalized spacial score (nSPS) is 29.9. The molecule has 98 valence electrons. The number of pyridine rings is 1. The molecule has 2 aromatic rings. The number of piperidine rings is 1. The summed E-state index contributed by atoms with van der Waals surface area (Å²) >= 11 is 0. The van der Waals surface area contributed by atoms with Crippen LogP contribution in [0.15, 0.2) is 36.5 Å². The van der Waals surface area contributed by atoms with E-state index in [0.29, 0.717) is 18.1 Å². The number of benzene rings is 1. The van der Waals surface area contributed by atoms with Crippen LogP contribution in [0.3, 0.4) is 0 Å². The van der Waals surface area contributed by atoms with Gasteiger partial charge in [0.05, 0.1) is 5.52 Å². The van der Waals surface area contributed by atoms with Gasteiger partial charge in [-0.2, -0.15) is 0 Å². The Labute approximate surface area is 113 Å². The summed E-state index contributed by atoms with van der Waals surface area (Å²) in [5, 5.41) is 1.28. The molecule has 2 N–H and O–H groups in total. The molecule has 0 radical (unpaired) electrons. The fraction of sp³-hybridized carbons (Fsp3) is 0.438. The topological polar surface area (TPSA) is 42.1 Å². The van der Waals surface area contributed by atoms with Crippen molar-refractivity contribution < 1.29 is 0 Å². The number of hydrogen-bond acceptors (Lipinski definition) is 3. The van der Waals surface area contributed by atoms with E-state index in [9.17, 15) is 0 Å². The first-order valence-corrected chi connectivity index (χ1v) is 7.20. The van der Waals surface area contributed by atoms with Crippen LogP contribution in [-0.2, 0) is 0 Å². The highest BCUT2D eigenvalue weighted by molar-refractivity contribution is 5.92. The lowest BCUT2D eigenvalue weighted by molar-refractivity contribution is 0.415. The van der Waals surface area contributed by atoms with E-state index in [1.807, 2.05) is 12.3 Å². The summed E-state index contributed by atoms with van der Waals surface area (Å²) in [5.41, 5.74) is 8.61. The maximum atomic E-state index is 6.17. The summed E-state index contributed by atoms with van der Waals surface area (Å²) < 4.78 is 0. The van der Waals surface area contributed by atoms with Crippen molar-refractivity contribution in [3.8, 4) is 0 Å². The summed E-state index contributed by atoms with van der Waals surface area (Å²) in [6.07, 6.45) is 6.71. The lowest BCUT2D eigenvalue weighted by Crippen LogP contribution is -2.47. The molecule has 2 atom stereocenters. The van der Waals surface area contributed by atoms with Crippen molar-refractivity contribution in [2.75, 3.05) is 4.90 Å². The third kappa shape index (κ3) is 1.72. The Morgan fingerprint density at radius 2 is 1.84 bits per heavy atom. The Morgan fingerprint density at radius 1 is 1.05 bits per heavy atom. The standard InChI is InChI=1S/C16H19N3/c17-11-9-12-6-7-13(10-11)19(12)16-5-1-4-15-14(16)3-2-8-18-15/h1-5,8,11-13H,6-7,9-10,17H2. The van der Waals surface area contributed by atoms with E-state index in [0.717, 1.165) is 18.4 Å².